The molecule has 1 aromatic heterocycles. The van der Waals surface area contributed by atoms with Crippen LogP contribution in [0.4, 0.5) is 0 Å². The van der Waals surface area contributed by atoms with Crippen LogP contribution in [-0.4, -0.2) is 17.0 Å². The quantitative estimate of drug-likeness (QED) is 0.808. The first kappa shape index (κ1) is 9.41. The molecule has 0 saturated heterocycles. The summed E-state index contributed by atoms with van der Waals surface area (Å²) in [6, 6.07) is 5.73. The van der Waals surface area contributed by atoms with Crippen molar-refractivity contribution in [2.24, 2.45) is 0 Å². The van der Waals surface area contributed by atoms with E-state index in [1.54, 1.807) is 0 Å². The van der Waals surface area contributed by atoms with Crippen LogP contribution in [0, 0.1) is 4.84 Å². The molecule has 16 heavy (non-hydrogen) atoms. The van der Waals surface area contributed by atoms with E-state index in [4.69, 9.17) is 26.1 Å². The summed E-state index contributed by atoms with van der Waals surface area (Å²) >= 11 is 4.80. The molecule has 82 valence electrons. The topological polar surface area (TPSA) is 60.3 Å². The van der Waals surface area contributed by atoms with Gasteiger partial charge in [-0.3, -0.25) is 0 Å². The van der Waals surface area contributed by atoms with Crippen molar-refractivity contribution in [1.82, 2.24) is 10.2 Å². The molecule has 5 nitrogen and oxygen atoms in total. The second kappa shape index (κ2) is 3.64. The summed E-state index contributed by atoms with van der Waals surface area (Å²) in [5, 5.41) is 6.52. The lowest BCUT2D eigenvalue weighted by Crippen LogP contribution is -1.93. The van der Waals surface area contributed by atoms with E-state index in [1.165, 1.54) is 0 Å². The van der Waals surface area contributed by atoms with E-state index in [-0.39, 0.29) is 11.6 Å². The Morgan fingerprint density at radius 2 is 2.19 bits per heavy atom. The van der Waals surface area contributed by atoms with Gasteiger partial charge in [0, 0.05) is 0 Å². The SMILES string of the molecule is S=c1[nH]nc(Cc2ccc3c(c2)OCO3)o1. The van der Waals surface area contributed by atoms with Gasteiger partial charge in [0.25, 0.3) is 4.84 Å². The Hall–Kier alpha value is -1.82. The summed E-state index contributed by atoms with van der Waals surface area (Å²) in [7, 11) is 0. The lowest BCUT2D eigenvalue weighted by Gasteiger charge is -1.99. The van der Waals surface area contributed by atoms with Crippen molar-refractivity contribution in [2.45, 2.75) is 6.42 Å². The Morgan fingerprint density at radius 1 is 1.31 bits per heavy atom. The van der Waals surface area contributed by atoms with Gasteiger partial charge in [-0.05, 0) is 29.9 Å². The van der Waals surface area contributed by atoms with Gasteiger partial charge >= 0.3 is 0 Å². The molecule has 0 bridgehead atoms. The van der Waals surface area contributed by atoms with Crippen molar-refractivity contribution in [3.05, 3.63) is 34.5 Å². The van der Waals surface area contributed by atoms with Crippen LogP contribution >= 0.6 is 12.2 Å². The molecule has 1 aliphatic heterocycles. The van der Waals surface area contributed by atoms with E-state index in [2.05, 4.69) is 10.2 Å². The number of H-pyrrole nitrogens is 1. The number of ether oxygens (including phenoxy) is 2. The van der Waals surface area contributed by atoms with E-state index in [1.807, 2.05) is 18.2 Å². The highest BCUT2D eigenvalue weighted by Crippen LogP contribution is 2.32. The lowest BCUT2D eigenvalue weighted by atomic mass is 10.1. The van der Waals surface area contributed by atoms with Crippen molar-refractivity contribution in [1.29, 1.82) is 0 Å². The van der Waals surface area contributed by atoms with Crippen LogP contribution in [0.15, 0.2) is 22.6 Å². The van der Waals surface area contributed by atoms with Crippen LogP contribution in [0.2, 0.25) is 0 Å². The van der Waals surface area contributed by atoms with Gasteiger partial charge in [0.05, 0.1) is 6.42 Å². The third kappa shape index (κ3) is 1.67. The second-order valence-corrected chi connectivity index (χ2v) is 3.74. The Bertz CT molecular complexity index is 575. The zero-order chi connectivity index (χ0) is 11.0. The van der Waals surface area contributed by atoms with Gasteiger partial charge < -0.3 is 13.9 Å². The molecule has 1 aliphatic rings. The van der Waals surface area contributed by atoms with Gasteiger partial charge in [-0.15, -0.1) is 5.10 Å². The number of fused-ring (bicyclic) bond motifs is 1. The fourth-order valence-corrected chi connectivity index (χ4v) is 1.70. The van der Waals surface area contributed by atoms with Crippen molar-refractivity contribution in [3.8, 4) is 11.5 Å². The van der Waals surface area contributed by atoms with Crippen molar-refractivity contribution in [2.75, 3.05) is 6.79 Å². The summed E-state index contributed by atoms with van der Waals surface area (Å²) in [5.74, 6) is 2.09. The maximum atomic E-state index is 5.28. The van der Waals surface area contributed by atoms with E-state index < -0.39 is 0 Å². The van der Waals surface area contributed by atoms with Crippen LogP contribution in [0.5, 0.6) is 11.5 Å². The van der Waals surface area contributed by atoms with Gasteiger partial charge in [-0.25, -0.2) is 5.10 Å². The van der Waals surface area contributed by atoms with E-state index in [9.17, 15) is 0 Å². The molecule has 0 unspecified atom stereocenters. The van der Waals surface area contributed by atoms with Gasteiger partial charge in [0.15, 0.2) is 11.5 Å². The van der Waals surface area contributed by atoms with Gasteiger partial charge in [0.2, 0.25) is 12.7 Å². The third-order valence-electron chi connectivity index (χ3n) is 2.27. The zero-order valence-corrected chi connectivity index (χ0v) is 9.04. The number of nitrogens with one attached hydrogen (secondary N) is 1. The Balaban J connectivity index is 1.88. The first-order valence-electron chi connectivity index (χ1n) is 4.74. The number of benzene rings is 1. The molecule has 0 aliphatic carbocycles. The summed E-state index contributed by atoms with van der Waals surface area (Å²) in [4.78, 5) is 0.288. The molecular formula is C10H8N2O3S. The average molecular weight is 236 g/mol. The highest BCUT2D eigenvalue weighted by molar-refractivity contribution is 7.71. The summed E-state index contributed by atoms with van der Waals surface area (Å²) in [6.07, 6.45) is 0.573. The van der Waals surface area contributed by atoms with Crippen LogP contribution in [0.25, 0.3) is 0 Å². The molecule has 0 amide bonds. The summed E-state index contributed by atoms with van der Waals surface area (Å²) in [5.41, 5.74) is 1.04. The Morgan fingerprint density at radius 3 is 3.00 bits per heavy atom. The number of hydrogen-bond donors (Lipinski definition) is 1. The number of aromatic amines is 1. The molecule has 0 saturated carbocycles. The molecule has 1 N–H and O–H groups in total. The molecular weight excluding hydrogens is 228 g/mol. The van der Waals surface area contributed by atoms with Gasteiger partial charge in [-0.1, -0.05) is 6.07 Å². The summed E-state index contributed by atoms with van der Waals surface area (Å²) < 4.78 is 15.7. The standard InChI is InChI=1S/C10H8N2O3S/c16-10-12-11-9(15-10)4-6-1-2-7-8(3-6)14-5-13-7/h1-3H,4-5H2,(H,12,16). The van der Waals surface area contributed by atoms with Crippen molar-refractivity contribution < 1.29 is 13.9 Å². The minimum atomic E-state index is 0.280. The molecule has 0 spiro atoms. The predicted molar refractivity (Wildman–Crippen MR) is 57.1 cm³/mol. The minimum absolute atomic E-state index is 0.280. The Labute approximate surface area is 96.0 Å². The van der Waals surface area contributed by atoms with Crippen molar-refractivity contribution >= 4 is 12.2 Å². The Kier molecular flexibility index (Phi) is 2.14. The van der Waals surface area contributed by atoms with E-state index in [0.717, 1.165) is 17.1 Å². The highest BCUT2D eigenvalue weighted by atomic mass is 32.1. The van der Waals surface area contributed by atoms with Gasteiger partial charge in [-0.2, -0.15) is 0 Å². The molecule has 2 heterocycles. The van der Waals surface area contributed by atoms with Crippen LogP contribution < -0.4 is 9.47 Å². The molecule has 0 radical (unpaired) electrons. The van der Waals surface area contributed by atoms with Gasteiger partial charge in [0.1, 0.15) is 0 Å². The smallest absolute Gasteiger partial charge is 0.284 e. The normalized spacial score (nSPS) is 13.0. The minimum Gasteiger partial charge on any atom is -0.454 e. The molecule has 2 aromatic rings. The van der Waals surface area contributed by atoms with E-state index >= 15 is 0 Å². The molecule has 6 heteroatoms. The van der Waals surface area contributed by atoms with Crippen LogP contribution in [0.3, 0.4) is 0 Å². The number of aromatic nitrogens is 2. The molecule has 1 aromatic carbocycles. The lowest BCUT2D eigenvalue weighted by molar-refractivity contribution is 0.174. The fourth-order valence-electron chi connectivity index (χ4n) is 1.56. The zero-order valence-electron chi connectivity index (χ0n) is 8.23. The third-order valence-corrected chi connectivity index (χ3v) is 2.45. The molecule has 0 fully saturated rings. The second-order valence-electron chi connectivity index (χ2n) is 3.37. The number of nitrogens with zero attached hydrogens (tertiary/aromatic N) is 1. The average Bonchev–Trinajstić information content (AvgIpc) is 2.87. The van der Waals surface area contributed by atoms with E-state index in [0.29, 0.717) is 12.3 Å². The maximum absolute atomic E-state index is 5.28. The number of hydrogen-bond acceptors (Lipinski definition) is 5. The van der Waals surface area contributed by atoms with Crippen LogP contribution in [0.1, 0.15) is 11.5 Å². The largest absolute Gasteiger partial charge is 0.454 e. The summed E-state index contributed by atoms with van der Waals surface area (Å²) in [6.45, 7) is 0.280. The monoisotopic (exact) mass is 236 g/mol. The fraction of sp³-hybridized carbons (Fsp3) is 0.200. The highest BCUT2D eigenvalue weighted by Gasteiger charge is 2.13. The molecule has 3 rings (SSSR count). The first-order chi connectivity index (χ1) is 7.81. The van der Waals surface area contributed by atoms with Crippen LogP contribution in [-0.2, 0) is 6.42 Å². The number of rotatable bonds is 2. The maximum Gasteiger partial charge on any atom is 0.284 e. The first-order valence-corrected chi connectivity index (χ1v) is 5.15. The van der Waals surface area contributed by atoms with Crippen molar-refractivity contribution in [3.63, 3.8) is 0 Å². The molecule has 0 atom stereocenters. The predicted octanol–water partition coefficient (Wildman–Crippen LogP) is 2.05.